The SMILES string of the molecule is CCNC(=NCC1(c2cc(C)ccc2OC)CCOCC1)NCC(CO)c1ccccc1.I. The van der Waals surface area contributed by atoms with Crippen LogP contribution in [0.25, 0.3) is 0 Å². The molecule has 1 heterocycles. The molecule has 1 aliphatic rings. The van der Waals surface area contributed by atoms with E-state index in [0.29, 0.717) is 13.1 Å². The zero-order valence-electron chi connectivity index (χ0n) is 20.0. The Morgan fingerprint density at radius 2 is 1.88 bits per heavy atom. The predicted molar refractivity (Wildman–Crippen MR) is 145 cm³/mol. The Labute approximate surface area is 215 Å². The molecule has 2 aromatic carbocycles. The predicted octanol–water partition coefficient (Wildman–Crippen LogP) is 4.00. The first-order valence-electron chi connectivity index (χ1n) is 11.5. The molecule has 1 saturated heterocycles. The summed E-state index contributed by atoms with van der Waals surface area (Å²) < 4.78 is 11.4. The third-order valence-corrected chi connectivity index (χ3v) is 6.27. The van der Waals surface area contributed by atoms with Crippen LogP contribution in [0.2, 0.25) is 0 Å². The summed E-state index contributed by atoms with van der Waals surface area (Å²) in [4.78, 5) is 4.99. The van der Waals surface area contributed by atoms with Crippen LogP contribution in [0.15, 0.2) is 53.5 Å². The first-order valence-corrected chi connectivity index (χ1v) is 11.5. The molecule has 7 heteroatoms. The smallest absolute Gasteiger partial charge is 0.191 e. The van der Waals surface area contributed by atoms with Crippen LogP contribution in [0.3, 0.4) is 0 Å². The fourth-order valence-electron chi connectivity index (χ4n) is 4.32. The maximum Gasteiger partial charge on any atom is 0.191 e. The molecule has 0 bridgehead atoms. The van der Waals surface area contributed by atoms with Crippen LogP contribution in [0, 0.1) is 6.92 Å². The van der Waals surface area contributed by atoms with Gasteiger partial charge in [-0.3, -0.25) is 4.99 Å². The average molecular weight is 568 g/mol. The highest BCUT2D eigenvalue weighted by Crippen LogP contribution is 2.40. The monoisotopic (exact) mass is 567 g/mol. The van der Waals surface area contributed by atoms with Crippen molar-refractivity contribution < 1.29 is 14.6 Å². The number of aliphatic imine (C=N–C) groups is 1. The molecule has 0 amide bonds. The fraction of sp³-hybridized carbons (Fsp3) is 0.500. The zero-order valence-corrected chi connectivity index (χ0v) is 22.3. The lowest BCUT2D eigenvalue weighted by molar-refractivity contribution is 0.0522. The minimum atomic E-state index is -0.131. The van der Waals surface area contributed by atoms with Gasteiger partial charge in [0, 0.05) is 43.2 Å². The van der Waals surface area contributed by atoms with Crippen molar-refractivity contribution in [3.05, 3.63) is 65.2 Å². The summed E-state index contributed by atoms with van der Waals surface area (Å²) in [5, 5.41) is 16.7. The topological polar surface area (TPSA) is 75.1 Å². The quantitative estimate of drug-likeness (QED) is 0.243. The van der Waals surface area contributed by atoms with Crippen LogP contribution in [-0.2, 0) is 10.2 Å². The van der Waals surface area contributed by atoms with Crippen LogP contribution < -0.4 is 15.4 Å². The summed E-state index contributed by atoms with van der Waals surface area (Å²) >= 11 is 0. The van der Waals surface area contributed by atoms with Crippen molar-refractivity contribution in [3.8, 4) is 5.75 Å². The average Bonchev–Trinajstić information content (AvgIpc) is 2.84. The van der Waals surface area contributed by atoms with E-state index in [0.717, 1.165) is 49.9 Å². The number of rotatable bonds is 9. The maximum absolute atomic E-state index is 9.90. The summed E-state index contributed by atoms with van der Waals surface area (Å²) in [6, 6.07) is 16.5. The number of guanidine groups is 1. The van der Waals surface area contributed by atoms with Crippen molar-refractivity contribution in [3.63, 3.8) is 0 Å². The first kappa shape index (κ1) is 27.4. The van der Waals surface area contributed by atoms with Gasteiger partial charge in [-0.2, -0.15) is 0 Å². The van der Waals surface area contributed by atoms with Gasteiger partial charge >= 0.3 is 0 Å². The number of nitrogens with one attached hydrogen (secondary N) is 2. The Balaban J connectivity index is 0.00000385. The van der Waals surface area contributed by atoms with Crippen LogP contribution in [0.1, 0.15) is 42.4 Å². The van der Waals surface area contributed by atoms with E-state index in [1.54, 1.807) is 7.11 Å². The third-order valence-electron chi connectivity index (χ3n) is 6.27. The molecule has 0 aliphatic carbocycles. The molecule has 0 radical (unpaired) electrons. The molecule has 1 atom stereocenters. The summed E-state index contributed by atoms with van der Waals surface area (Å²) in [5.41, 5.74) is 3.41. The van der Waals surface area contributed by atoms with E-state index in [1.807, 2.05) is 30.3 Å². The molecule has 2 aromatic rings. The second kappa shape index (κ2) is 13.8. The Bertz CT molecular complexity index is 870. The number of hydrogen-bond acceptors (Lipinski definition) is 4. The normalized spacial score (nSPS) is 16.4. The second-order valence-electron chi connectivity index (χ2n) is 8.46. The molecular weight excluding hydrogens is 529 g/mol. The number of aryl methyl sites for hydroxylation is 1. The minimum absolute atomic E-state index is 0. The largest absolute Gasteiger partial charge is 0.496 e. The van der Waals surface area contributed by atoms with E-state index >= 15 is 0 Å². The first-order chi connectivity index (χ1) is 15.6. The molecular formula is C26H38IN3O3. The molecule has 3 N–H and O–H groups in total. The lowest BCUT2D eigenvalue weighted by Crippen LogP contribution is -2.42. The van der Waals surface area contributed by atoms with Crippen LogP contribution >= 0.6 is 24.0 Å². The Morgan fingerprint density at radius 3 is 2.52 bits per heavy atom. The number of ether oxygens (including phenoxy) is 2. The van der Waals surface area contributed by atoms with E-state index < -0.39 is 0 Å². The van der Waals surface area contributed by atoms with E-state index in [9.17, 15) is 5.11 Å². The third kappa shape index (κ3) is 7.32. The van der Waals surface area contributed by atoms with Gasteiger partial charge in [0.1, 0.15) is 5.75 Å². The highest BCUT2D eigenvalue weighted by Gasteiger charge is 2.37. The Hall–Kier alpha value is -1.84. The lowest BCUT2D eigenvalue weighted by atomic mass is 9.73. The summed E-state index contributed by atoms with van der Waals surface area (Å²) in [6.07, 6.45) is 1.80. The molecule has 0 aromatic heterocycles. The van der Waals surface area contributed by atoms with Gasteiger partial charge in [0.15, 0.2) is 5.96 Å². The van der Waals surface area contributed by atoms with Crippen molar-refractivity contribution in [2.75, 3.05) is 46.6 Å². The zero-order chi connectivity index (χ0) is 22.8. The standard InChI is InChI=1S/C26H37N3O3.HI/c1-4-27-25(28-17-22(18-30)21-8-6-5-7-9-21)29-19-26(12-14-32-15-13-26)23-16-20(2)10-11-24(23)31-3;/h5-11,16,22,30H,4,12-15,17-19H2,1-3H3,(H2,27,28,29);1H. The number of aliphatic hydroxyl groups is 1. The second-order valence-corrected chi connectivity index (χ2v) is 8.46. The van der Waals surface area contributed by atoms with E-state index in [2.05, 4.69) is 42.7 Å². The van der Waals surface area contributed by atoms with Gasteiger partial charge in [-0.05, 0) is 38.3 Å². The number of benzene rings is 2. The van der Waals surface area contributed by atoms with E-state index in [4.69, 9.17) is 14.5 Å². The maximum atomic E-state index is 9.90. The van der Waals surface area contributed by atoms with Crippen molar-refractivity contribution in [1.82, 2.24) is 10.6 Å². The molecule has 1 aliphatic heterocycles. The highest BCUT2D eigenvalue weighted by molar-refractivity contribution is 14.0. The molecule has 6 nitrogen and oxygen atoms in total. The summed E-state index contributed by atoms with van der Waals surface area (Å²) in [7, 11) is 1.73. The van der Waals surface area contributed by atoms with Crippen LogP contribution in [0.4, 0.5) is 0 Å². The minimum Gasteiger partial charge on any atom is -0.496 e. The molecule has 182 valence electrons. The summed E-state index contributed by atoms with van der Waals surface area (Å²) in [5.74, 6) is 1.68. The number of hydrogen-bond donors (Lipinski definition) is 3. The van der Waals surface area contributed by atoms with Crippen molar-refractivity contribution >= 4 is 29.9 Å². The van der Waals surface area contributed by atoms with Gasteiger partial charge in [0.25, 0.3) is 0 Å². The number of aliphatic hydroxyl groups excluding tert-OH is 1. The van der Waals surface area contributed by atoms with Gasteiger partial charge in [-0.25, -0.2) is 0 Å². The van der Waals surface area contributed by atoms with Gasteiger partial charge in [-0.15, -0.1) is 24.0 Å². The molecule has 0 saturated carbocycles. The highest BCUT2D eigenvalue weighted by atomic mass is 127. The van der Waals surface area contributed by atoms with Gasteiger partial charge in [-0.1, -0.05) is 48.0 Å². The summed E-state index contributed by atoms with van der Waals surface area (Å²) in [6.45, 7) is 7.71. The molecule has 0 spiro atoms. The molecule has 1 unspecified atom stereocenters. The number of methoxy groups -OCH3 is 1. The van der Waals surface area contributed by atoms with Crippen LogP contribution in [0.5, 0.6) is 5.75 Å². The van der Waals surface area contributed by atoms with E-state index in [1.165, 1.54) is 11.1 Å². The van der Waals surface area contributed by atoms with Gasteiger partial charge in [0.05, 0.1) is 20.3 Å². The van der Waals surface area contributed by atoms with Crippen molar-refractivity contribution in [1.29, 1.82) is 0 Å². The number of nitrogens with zero attached hydrogens (tertiary/aromatic N) is 1. The van der Waals surface area contributed by atoms with E-state index in [-0.39, 0.29) is 41.9 Å². The molecule has 1 fully saturated rings. The Morgan fingerprint density at radius 1 is 1.15 bits per heavy atom. The number of halogens is 1. The lowest BCUT2D eigenvalue weighted by Gasteiger charge is -2.37. The fourth-order valence-corrected chi connectivity index (χ4v) is 4.32. The molecule has 33 heavy (non-hydrogen) atoms. The van der Waals surface area contributed by atoms with Gasteiger partial charge < -0.3 is 25.2 Å². The van der Waals surface area contributed by atoms with Crippen molar-refractivity contribution in [2.45, 2.75) is 38.0 Å². The van der Waals surface area contributed by atoms with Crippen molar-refractivity contribution in [2.24, 2.45) is 4.99 Å². The Kier molecular flexibility index (Phi) is 11.4. The molecule has 3 rings (SSSR count). The van der Waals surface area contributed by atoms with Crippen LogP contribution in [-0.4, -0.2) is 57.6 Å². The van der Waals surface area contributed by atoms with Gasteiger partial charge in [0.2, 0.25) is 0 Å².